The van der Waals surface area contributed by atoms with Gasteiger partial charge in [0.1, 0.15) is 23.9 Å². The maximum absolute atomic E-state index is 13.1. The van der Waals surface area contributed by atoms with Gasteiger partial charge in [0.05, 0.1) is 0 Å². The first-order chi connectivity index (χ1) is 13.6. The lowest BCUT2D eigenvalue weighted by atomic mass is 10.3. The van der Waals surface area contributed by atoms with Gasteiger partial charge in [0.25, 0.3) is 0 Å². The molecule has 1 amide bonds. The van der Waals surface area contributed by atoms with Gasteiger partial charge in [-0.25, -0.2) is 9.38 Å². The molecule has 0 atom stereocenters. The average molecular weight is 506 g/mol. The van der Waals surface area contributed by atoms with Crippen LogP contribution >= 0.6 is 24.0 Å². The first-order valence-electron chi connectivity index (χ1n) is 8.54. The second-order valence-electron chi connectivity index (χ2n) is 5.83. The van der Waals surface area contributed by atoms with Crippen LogP contribution < -0.4 is 21.1 Å². The Kier molecular flexibility index (Phi) is 8.41. The zero-order valence-corrected chi connectivity index (χ0v) is 17.7. The van der Waals surface area contributed by atoms with Crippen LogP contribution in [-0.2, 0) is 4.79 Å². The number of carbonyl (C=O) groups is 1. The van der Waals surface area contributed by atoms with Crippen molar-refractivity contribution in [2.75, 3.05) is 17.2 Å². The van der Waals surface area contributed by atoms with Crippen LogP contribution in [0.1, 0.15) is 0 Å². The van der Waals surface area contributed by atoms with E-state index in [9.17, 15) is 9.18 Å². The van der Waals surface area contributed by atoms with Crippen LogP contribution in [0.25, 0.3) is 0 Å². The maximum Gasteiger partial charge on any atom is 0.246 e. The van der Waals surface area contributed by atoms with Gasteiger partial charge in [0.15, 0.2) is 5.96 Å². The Balaban J connectivity index is 0.00000300. The Hall–Kier alpha value is -3.14. The van der Waals surface area contributed by atoms with Crippen molar-refractivity contribution >= 4 is 47.2 Å². The van der Waals surface area contributed by atoms with E-state index < -0.39 is 11.7 Å². The zero-order chi connectivity index (χ0) is 19.8. The van der Waals surface area contributed by atoms with Gasteiger partial charge in [-0.05, 0) is 42.5 Å². The van der Waals surface area contributed by atoms with Crippen LogP contribution in [0.2, 0.25) is 0 Å². The number of carbonyl (C=O) groups excluding carboxylic acids is 1. The third-order valence-corrected chi connectivity index (χ3v) is 3.59. The number of aliphatic imine (C=N–C) groups is 1. The first kappa shape index (κ1) is 22.2. The summed E-state index contributed by atoms with van der Waals surface area (Å²) in [5, 5.41) is 5.45. The molecule has 0 aliphatic rings. The smallest absolute Gasteiger partial charge is 0.246 e. The Morgan fingerprint density at radius 1 is 0.897 bits per heavy atom. The Bertz CT molecular complexity index is 983. The number of nitrogens with one attached hydrogen (secondary N) is 2. The highest BCUT2D eigenvalue weighted by molar-refractivity contribution is 14.0. The van der Waals surface area contributed by atoms with Crippen LogP contribution in [0.3, 0.4) is 0 Å². The van der Waals surface area contributed by atoms with Gasteiger partial charge in [-0.3, -0.25) is 4.79 Å². The fourth-order valence-corrected chi connectivity index (χ4v) is 2.37. The maximum atomic E-state index is 13.1. The molecule has 6 nitrogen and oxygen atoms in total. The highest BCUT2D eigenvalue weighted by Gasteiger charge is 2.04. The van der Waals surface area contributed by atoms with Crippen LogP contribution in [0, 0.1) is 5.82 Å². The summed E-state index contributed by atoms with van der Waals surface area (Å²) in [6.07, 6.45) is 0. The number of anilines is 2. The molecular formula is C21H20FIN4O2. The number of ether oxygens (including phenoxy) is 1. The van der Waals surface area contributed by atoms with Gasteiger partial charge in [-0.1, -0.05) is 30.3 Å². The standard InChI is InChI=1S/C21H19FN4O2.HI/c22-15-6-4-7-16(12-15)25-20(27)14-24-21(23)26-17-8-5-11-19(13-17)28-18-9-2-1-3-10-18;/h1-13H,14H2,(H,25,27)(H3,23,24,26);1H. The van der Waals surface area contributed by atoms with Crippen molar-refractivity contribution in [3.8, 4) is 11.5 Å². The van der Waals surface area contributed by atoms with E-state index >= 15 is 0 Å². The average Bonchev–Trinajstić information content (AvgIpc) is 2.67. The molecule has 4 N–H and O–H groups in total. The number of hydrogen-bond donors (Lipinski definition) is 3. The number of para-hydroxylation sites is 1. The Morgan fingerprint density at radius 2 is 1.55 bits per heavy atom. The number of nitrogens with two attached hydrogens (primary N) is 1. The van der Waals surface area contributed by atoms with Crippen molar-refractivity contribution < 1.29 is 13.9 Å². The van der Waals surface area contributed by atoms with Crippen molar-refractivity contribution in [3.05, 3.63) is 84.7 Å². The number of nitrogens with zero attached hydrogens (tertiary/aromatic N) is 1. The molecule has 0 aromatic heterocycles. The van der Waals surface area contributed by atoms with Crippen molar-refractivity contribution in [1.82, 2.24) is 0 Å². The van der Waals surface area contributed by atoms with E-state index in [0.29, 0.717) is 17.1 Å². The number of benzene rings is 3. The van der Waals surface area contributed by atoms with Gasteiger partial charge >= 0.3 is 0 Å². The largest absolute Gasteiger partial charge is 0.457 e. The molecule has 0 radical (unpaired) electrons. The predicted octanol–water partition coefficient (Wildman–Crippen LogP) is 4.60. The lowest BCUT2D eigenvalue weighted by Gasteiger charge is -2.09. The van der Waals surface area contributed by atoms with Gasteiger partial charge in [0.2, 0.25) is 5.91 Å². The number of rotatable bonds is 6. The second kappa shape index (κ2) is 11.0. The molecule has 29 heavy (non-hydrogen) atoms. The van der Waals surface area contributed by atoms with Gasteiger partial charge < -0.3 is 21.1 Å². The Morgan fingerprint density at radius 3 is 2.28 bits per heavy atom. The van der Waals surface area contributed by atoms with E-state index in [-0.39, 0.29) is 36.5 Å². The van der Waals surface area contributed by atoms with Crippen molar-refractivity contribution in [2.24, 2.45) is 10.7 Å². The van der Waals surface area contributed by atoms with Gasteiger partial charge in [0, 0.05) is 17.4 Å². The van der Waals surface area contributed by atoms with Crippen molar-refractivity contribution in [2.45, 2.75) is 0 Å². The molecule has 3 aromatic rings. The summed E-state index contributed by atoms with van der Waals surface area (Å²) in [6, 6.07) is 22.2. The molecular weight excluding hydrogens is 486 g/mol. The minimum atomic E-state index is -0.430. The molecule has 3 rings (SSSR count). The molecule has 0 fully saturated rings. The molecule has 0 spiro atoms. The Labute approximate surface area is 185 Å². The third-order valence-electron chi connectivity index (χ3n) is 3.59. The fourth-order valence-electron chi connectivity index (χ4n) is 2.37. The molecule has 0 unspecified atom stereocenters. The first-order valence-corrected chi connectivity index (χ1v) is 8.54. The lowest BCUT2D eigenvalue weighted by Crippen LogP contribution is -2.25. The topological polar surface area (TPSA) is 88.7 Å². The second-order valence-corrected chi connectivity index (χ2v) is 5.83. The SMILES string of the molecule is I.NC(=NCC(=O)Nc1cccc(F)c1)Nc1cccc(Oc2ccccc2)c1. The molecule has 0 aliphatic carbocycles. The number of guanidine groups is 1. The molecule has 0 heterocycles. The van der Waals surface area contributed by atoms with Gasteiger partial charge in [-0.2, -0.15) is 0 Å². The molecule has 3 aromatic carbocycles. The predicted molar refractivity (Wildman–Crippen MR) is 124 cm³/mol. The van der Waals surface area contributed by atoms with E-state index in [1.165, 1.54) is 18.2 Å². The number of halogens is 2. The minimum absolute atomic E-state index is 0. The molecule has 150 valence electrons. The van der Waals surface area contributed by atoms with E-state index in [1.54, 1.807) is 18.2 Å². The van der Waals surface area contributed by atoms with E-state index in [2.05, 4.69) is 15.6 Å². The summed E-state index contributed by atoms with van der Waals surface area (Å²) < 4.78 is 18.9. The monoisotopic (exact) mass is 506 g/mol. The van der Waals surface area contributed by atoms with Crippen LogP contribution in [0.5, 0.6) is 11.5 Å². The van der Waals surface area contributed by atoms with Gasteiger partial charge in [-0.15, -0.1) is 24.0 Å². The van der Waals surface area contributed by atoms with Crippen molar-refractivity contribution in [3.63, 3.8) is 0 Å². The quantitative estimate of drug-likeness (QED) is 0.259. The molecule has 0 saturated carbocycles. The van der Waals surface area contributed by atoms with E-state index in [1.807, 2.05) is 42.5 Å². The summed E-state index contributed by atoms with van der Waals surface area (Å²) >= 11 is 0. The number of hydrogen-bond acceptors (Lipinski definition) is 3. The summed E-state index contributed by atoms with van der Waals surface area (Å²) in [5.74, 6) is 0.589. The lowest BCUT2D eigenvalue weighted by molar-refractivity contribution is -0.114. The molecule has 8 heteroatoms. The normalized spacial score (nSPS) is 10.6. The summed E-state index contributed by atoms with van der Waals surface area (Å²) in [4.78, 5) is 15.9. The van der Waals surface area contributed by atoms with Crippen molar-refractivity contribution in [1.29, 1.82) is 0 Å². The summed E-state index contributed by atoms with van der Waals surface area (Å²) in [6.45, 7) is -0.199. The van der Waals surface area contributed by atoms with Crippen LogP contribution in [0.4, 0.5) is 15.8 Å². The molecule has 0 saturated heterocycles. The van der Waals surface area contributed by atoms with Crippen LogP contribution in [0.15, 0.2) is 83.9 Å². The zero-order valence-electron chi connectivity index (χ0n) is 15.3. The fraction of sp³-hybridized carbons (Fsp3) is 0.0476. The molecule has 0 aliphatic heterocycles. The van der Waals surface area contributed by atoms with E-state index in [4.69, 9.17) is 10.5 Å². The van der Waals surface area contributed by atoms with E-state index in [0.717, 1.165) is 5.75 Å². The van der Waals surface area contributed by atoms with Crippen LogP contribution in [-0.4, -0.2) is 18.4 Å². The minimum Gasteiger partial charge on any atom is -0.457 e. The summed E-state index contributed by atoms with van der Waals surface area (Å²) in [7, 11) is 0. The highest BCUT2D eigenvalue weighted by Crippen LogP contribution is 2.23. The highest BCUT2D eigenvalue weighted by atomic mass is 127. The molecule has 0 bridgehead atoms. The number of amides is 1. The third kappa shape index (κ3) is 7.41. The summed E-state index contributed by atoms with van der Waals surface area (Å²) in [5.41, 5.74) is 6.86.